The number of carboxylic acid groups (broad SMARTS) is 1. The lowest BCUT2D eigenvalue weighted by Gasteiger charge is -1.98. The SMILES string of the molecule is O=C(O)c1ccc(Br)c2ccsc12. The number of halogens is 1. The molecule has 13 heavy (non-hydrogen) atoms. The van der Waals surface area contributed by atoms with E-state index in [1.807, 2.05) is 11.4 Å². The van der Waals surface area contributed by atoms with Gasteiger partial charge >= 0.3 is 5.97 Å². The molecule has 66 valence electrons. The maximum Gasteiger partial charge on any atom is 0.337 e. The highest BCUT2D eigenvalue weighted by Crippen LogP contribution is 2.31. The van der Waals surface area contributed by atoms with Gasteiger partial charge in [0.2, 0.25) is 0 Å². The average Bonchev–Trinajstić information content (AvgIpc) is 2.53. The van der Waals surface area contributed by atoms with E-state index in [1.54, 1.807) is 12.1 Å². The van der Waals surface area contributed by atoms with E-state index in [0.717, 1.165) is 14.6 Å². The van der Waals surface area contributed by atoms with Gasteiger partial charge in [-0.2, -0.15) is 0 Å². The van der Waals surface area contributed by atoms with Crippen LogP contribution in [-0.2, 0) is 0 Å². The molecule has 0 atom stereocenters. The van der Waals surface area contributed by atoms with Gasteiger partial charge in [-0.05, 0) is 23.6 Å². The summed E-state index contributed by atoms with van der Waals surface area (Å²) in [6.45, 7) is 0. The van der Waals surface area contributed by atoms with Crippen molar-refractivity contribution in [2.75, 3.05) is 0 Å². The smallest absolute Gasteiger partial charge is 0.337 e. The van der Waals surface area contributed by atoms with E-state index in [-0.39, 0.29) is 0 Å². The number of carbonyl (C=O) groups is 1. The Morgan fingerprint density at radius 3 is 2.85 bits per heavy atom. The number of carboxylic acids is 1. The van der Waals surface area contributed by atoms with Gasteiger partial charge in [0.25, 0.3) is 0 Å². The molecule has 0 amide bonds. The number of benzene rings is 1. The third-order valence-corrected chi connectivity index (χ3v) is 3.43. The highest BCUT2D eigenvalue weighted by molar-refractivity contribution is 9.10. The van der Waals surface area contributed by atoms with E-state index in [0.29, 0.717) is 5.56 Å². The monoisotopic (exact) mass is 256 g/mol. The normalized spacial score (nSPS) is 10.5. The summed E-state index contributed by atoms with van der Waals surface area (Å²) in [6.07, 6.45) is 0. The van der Waals surface area contributed by atoms with Gasteiger partial charge in [0.15, 0.2) is 0 Å². The van der Waals surface area contributed by atoms with Crippen LogP contribution in [0.25, 0.3) is 10.1 Å². The molecule has 0 aliphatic rings. The summed E-state index contributed by atoms with van der Waals surface area (Å²) in [7, 11) is 0. The van der Waals surface area contributed by atoms with Gasteiger partial charge in [-0.25, -0.2) is 4.79 Å². The van der Waals surface area contributed by atoms with Gasteiger partial charge in [0.05, 0.1) is 5.56 Å². The minimum atomic E-state index is -0.875. The second-order valence-corrected chi connectivity index (χ2v) is 4.33. The molecular weight excluding hydrogens is 252 g/mol. The van der Waals surface area contributed by atoms with Gasteiger partial charge in [0.1, 0.15) is 0 Å². The molecule has 0 saturated heterocycles. The van der Waals surface area contributed by atoms with E-state index in [1.165, 1.54) is 11.3 Å². The lowest BCUT2D eigenvalue weighted by molar-refractivity contribution is 0.0699. The molecule has 0 aliphatic carbocycles. The first kappa shape index (κ1) is 8.72. The second kappa shape index (κ2) is 3.12. The van der Waals surface area contributed by atoms with Crippen LogP contribution in [0.4, 0.5) is 0 Å². The van der Waals surface area contributed by atoms with Gasteiger partial charge < -0.3 is 5.11 Å². The van der Waals surface area contributed by atoms with Crippen molar-refractivity contribution < 1.29 is 9.90 Å². The minimum absolute atomic E-state index is 0.369. The van der Waals surface area contributed by atoms with Crippen LogP contribution in [0, 0.1) is 0 Å². The topological polar surface area (TPSA) is 37.3 Å². The Labute approximate surface area is 86.9 Å². The van der Waals surface area contributed by atoms with Crippen molar-refractivity contribution in [3.63, 3.8) is 0 Å². The molecule has 0 aliphatic heterocycles. The lowest BCUT2D eigenvalue weighted by atomic mass is 10.2. The minimum Gasteiger partial charge on any atom is -0.478 e. The van der Waals surface area contributed by atoms with Crippen LogP contribution in [-0.4, -0.2) is 11.1 Å². The summed E-state index contributed by atoms with van der Waals surface area (Å²) in [6, 6.07) is 5.29. The van der Waals surface area contributed by atoms with E-state index in [4.69, 9.17) is 5.11 Å². The largest absolute Gasteiger partial charge is 0.478 e. The van der Waals surface area contributed by atoms with E-state index >= 15 is 0 Å². The summed E-state index contributed by atoms with van der Waals surface area (Å²) in [4.78, 5) is 10.8. The number of thiophene rings is 1. The molecule has 0 spiro atoms. The molecule has 0 fully saturated rings. The van der Waals surface area contributed by atoms with E-state index in [9.17, 15) is 4.79 Å². The van der Waals surface area contributed by atoms with Crippen LogP contribution in [0.1, 0.15) is 10.4 Å². The maximum absolute atomic E-state index is 10.8. The molecule has 0 bridgehead atoms. The van der Waals surface area contributed by atoms with Crippen LogP contribution < -0.4 is 0 Å². The first-order valence-electron chi connectivity index (χ1n) is 3.59. The second-order valence-electron chi connectivity index (χ2n) is 2.56. The zero-order valence-electron chi connectivity index (χ0n) is 6.45. The molecular formula is C9H5BrO2S. The molecule has 0 unspecified atom stereocenters. The Kier molecular flexibility index (Phi) is 2.09. The van der Waals surface area contributed by atoms with Crippen LogP contribution in [0.15, 0.2) is 28.1 Å². The Hall–Kier alpha value is -0.870. The van der Waals surface area contributed by atoms with Crippen molar-refractivity contribution in [2.24, 2.45) is 0 Å². The number of hydrogen-bond donors (Lipinski definition) is 1. The molecule has 2 aromatic rings. The fraction of sp³-hybridized carbons (Fsp3) is 0. The maximum atomic E-state index is 10.8. The van der Waals surface area contributed by atoms with Crippen LogP contribution >= 0.6 is 27.3 Å². The predicted molar refractivity (Wildman–Crippen MR) is 56.5 cm³/mol. The zero-order valence-corrected chi connectivity index (χ0v) is 8.85. The first-order chi connectivity index (χ1) is 6.20. The average molecular weight is 257 g/mol. The van der Waals surface area contributed by atoms with Crippen LogP contribution in [0.5, 0.6) is 0 Å². The van der Waals surface area contributed by atoms with Crippen LogP contribution in [0.2, 0.25) is 0 Å². The van der Waals surface area contributed by atoms with Crippen molar-refractivity contribution >= 4 is 43.3 Å². The van der Waals surface area contributed by atoms with Gasteiger partial charge in [-0.3, -0.25) is 0 Å². The fourth-order valence-electron chi connectivity index (χ4n) is 1.20. The zero-order chi connectivity index (χ0) is 9.42. The lowest BCUT2D eigenvalue weighted by Crippen LogP contribution is -1.95. The van der Waals surface area contributed by atoms with Gasteiger partial charge in [0, 0.05) is 14.6 Å². The number of rotatable bonds is 1. The van der Waals surface area contributed by atoms with Crippen molar-refractivity contribution in [2.45, 2.75) is 0 Å². The summed E-state index contributed by atoms with van der Waals surface area (Å²) >= 11 is 4.82. The van der Waals surface area contributed by atoms with Crippen LogP contribution in [0.3, 0.4) is 0 Å². The number of hydrogen-bond acceptors (Lipinski definition) is 2. The highest BCUT2D eigenvalue weighted by atomic mass is 79.9. The predicted octanol–water partition coefficient (Wildman–Crippen LogP) is 3.36. The highest BCUT2D eigenvalue weighted by Gasteiger charge is 2.10. The molecule has 2 nitrogen and oxygen atoms in total. The summed E-state index contributed by atoms with van der Waals surface area (Å²) in [5, 5.41) is 11.7. The number of fused-ring (bicyclic) bond motifs is 1. The molecule has 1 aromatic carbocycles. The van der Waals surface area contributed by atoms with E-state index < -0.39 is 5.97 Å². The third kappa shape index (κ3) is 1.36. The summed E-state index contributed by atoms with van der Waals surface area (Å²) in [5.74, 6) is -0.875. The van der Waals surface area contributed by atoms with Crippen molar-refractivity contribution in [3.8, 4) is 0 Å². The Bertz CT molecular complexity index is 475. The molecule has 4 heteroatoms. The Balaban J connectivity index is 2.86. The molecule has 1 N–H and O–H groups in total. The van der Waals surface area contributed by atoms with Crippen molar-refractivity contribution in [1.82, 2.24) is 0 Å². The fourth-order valence-corrected chi connectivity index (χ4v) is 2.72. The third-order valence-electron chi connectivity index (χ3n) is 1.79. The molecule has 1 heterocycles. The van der Waals surface area contributed by atoms with Gasteiger partial charge in [-0.15, -0.1) is 11.3 Å². The van der Waals surface area contributed by atoms with Gasteiger partial charge in [-0.1, -0.05) is 15.9 Å². The number of aromatic carboxylic acids is 1. The van der Waals surface area contributed by atoms with Crippen molar-refractivity contribution in [3.05, 3.63) is 33.6 Å². The molecule has 0 radical (unpaired) electrons. The first-order valence-corrected chi connectivity index (χ1v) is 5.26. The molecule has 2 rings (SSSR count). The molecule has 1 aromatic heterocycles. The van der Waals surface area contributed by atoms with Crippen molar-refractivity contribution in [1.29, 1.82) is 0 Å². The Morgan fingerprint density at radius 1 is 1.38 bits per heavy atom. The van der Waals surface area contributed by atoms with E-state index in [2.05, 4.69) is 15.9 Å². The summed E-state index contributed by atoms with van der Waals surface area (Å²) in [5.41, 5.74) is 0.369. The molecule has 0 saturated carbocycles. The summed E-state index contributed by atoms with van der Waals surface area (Å²) < 4.78 is 1.76. The Morgan fingerprint density at radius 2 is 2.15 bits per heavy atom. The quantitative estimate of drug-likeness (QED) is 0.850. The standard InChI is InChI=1S/C9H5BrO2S/c10-7-2-1-6(9(11)12)8-5(7)3-4-13-8/h1-4H,(H,11,12).